The largest absolute Gasteiger partial charge is 0.496 e. The molecule has 142 valence electrons. The Kier molecular flexibility index (Phi) is 5.86. The third kappa shape index (κ3) is 4.27. The summed E-state index contributed by atoms with van der Waals surface area (Å²) in [5.74, 6) is 0.642. The summed E-state index contributed by atoms with van der Waals surface area (Å²) in [6, 6.07) is 17.2. The number of hydrogen-bond donors (Lipinski definition) is 1. The van der Waals surface area contributed by atoms with E-state index in [1.807, 2.05) is 6.07 Å². The predicted molar refractivity (Wildman–Crippen MR) is 104 cm³/mol. The summed E-state index contributed by atoms with van der Waals surface area (Å²) in [6.07, 6.45) is 1.39. The molecule has 1 N–H and O–H groups in total. The molecule has 1 aromatic heterocycles. The van der Waals surface area contributed by atoms with Crippen LogP contribution in [0.15, 0.2) is 70.2 Å². The Morgan fingerprint density at radius 3 is 2.64 bits per heavy atom. The fourth-order valence-corrected chi connectivity index (χ4v) is 2.54. The zero-order chi connectivity index (χ0) is 19.9. The molecule has 0 spiro atoms. The van der Waals surface area contributed by atoms with Crippen LogP contribution in [0.3, 0.4) is 0 Å². The summed E-state index contributed by atoms with van der Waals surface area (Å²) in [7, 11) is 2.82. The average molecular weight is 378 g/mol. The highest BCUT2D eigenvalue weighted by Crippen LogP contribution is 2.23. The van der Waals surface area contributed by atoms with Crippen LogP contribution in [0.1, 0.15) is 26.5 Å². The van der Waals surface area contributed by atoms with Gasteiger partial charge in [0.15, 0.2) is 0 Å². The lowest BCUT2D eigenvalue weighted by atomic mass is 10.1. The minimum Gasteiger partial charge on any atom is -0.496 e. The van der Waals surface area contributed by atoms with Gasteiger partial charge in [-0.2, -0.15) is 5.10 Å². The lowest BCUT2D eigenvalue weighted by molar-refractivity contribution is 0.0600. The summed E-state index contributed by atoms with van der Waals surface area (Å²) < 4.78 is 15.6. The van der Waals surface area contributed by atoms with Crippen molar-refractivity contribution in [3.63, 3.8) is 0 Å². The predicted octanol–water partition coefficient (Wildman–Crippen LogP) is 3.51. The van der Waals surface area contributed by atoms with Gasteiger partial charge in [0, 0.05) is 5.56 Å². The van der Waals surface area contributed by atoms with Crippen LogP contribution in [-0.2, 0) is 4.74 Å². The van der Waals surface area contributed by atoms with Crippen molar-refractivity contribution in [2.45, 2.75) is 0 Å². The van der Waals surface area contributed by atoms with E-state index in [4.69, 9.17) is 13.9 Å². The van der Waals surface area contributed by atoms with Gasteiger partial charge in [0.25, 0.3) is 5.91 Å². The Balaban J connectivity index is 1.69. The fourth-order valence-electron chi connectivity index (χ4n) is 2.54. The van der Waals surface area contributed by atoms with Gasteiger partial charge in [-0.05, 0) is 36.4 Å². The monoisotopic (exact) mass is 378 g/mol. The second kappa shape index (κ2) is 8.68. The molecule has 0 aliphatic heterocycles. The number of rotatable bonds is 6. The molecule has 0 unspecified atom stereocenters. The van der Waals surface area contributed by atoms with Crippen molar-refractivity contribution in [3.8, 4) is 17.1 Å². The topological polar surface area (TPSA) is 90.1 Å². The van der Waals surface area contributed by atoms with Gasteiger partial charge in [0.2, 0.25) is 0 Å². The quantitative estimate of drug-likeness (QED) is 0.403. The Bertz CT molecular complexity index is 1020. The van der Waals surface area contributed by atoms with E-state index in [1.165, 1.54) is 20.4 Å². The van der Waals surface area contributed by atoms with Crippen LogP contribution >= 0.6 is 0 Å². The van der Waals surface area contributed by atoms with E-state index >= 15 is 0 Å². The number of carbonyl (C=O) groups excluding carboxylic acids is 2. The first kappa shape index (κ1) is 18.9. The van der Waals surface area contributed by atoms with Crippen molar-refractivity contribution in [2.24, 2.45) is 5.10 Å². The minimum absolute atomic E-state index is 0.377. The Hall–Kier alpha value is -3.87. The Morgan fingerprint density at radius 1 is 1.04 bits per heavy atom. The molecule has 7 nitrogen and oxygen atoms in total. The third-order valence-corrected chi connectivity index (χ3v) is 3.90. The molecule has 3 aromatic rings. The van der Waals surface area contributed by atoms with Crippen LogP contribution in [0.4, 0.5) is 0 Å². The average Bonchev–Trinajstić information content (AvgIpc) is 3.22. The normalized spacial score (nSPS) is 10.6. The van der Waals surface area contributed by atoms with Crippen molar-refractivity contribution in [3.05, 3.63) is 77.6 Å². The third-order valence-electron chi connectivity index (χ3n) is 3.90. The molecule has 0 bridgehead atoms. The van der Waals surface area contributed by atoms with Crippen molar-refractivity contribution in [1.29, 1.82) is 0 Å². The number of hydrazone groups is 1. The van der Waals surface area contributed by atoms with Crippen LogP contribution in [0, 0.1) is 0 Å². The summed E-state index contributed by atoms with van der Waals surface area (Å²) in [5.41, 5.74) is 3.96. The molecule has 28 heavy (non-hydrogen) atoms. The first-order valence-corrected chi connectivity index (χ1v) is 8.37. The maximum absolute atomic E-state index is 12.2. The number of carbonyl (C=O) groups is 2. The fraction of sp³-hybridized carbons (Fsp3) is 0.0952. The minimum atomic E-state index is -0.422. The van der Waals surface area contributed by atoms with Crippen LogP contribution < -0.4 is 10.2 Å². The number of methoxy groups -OCH3 is 2. The van der Waals surface area contributed by atoms with Crippen molar-refractivity contribution < 1.29 is 23.5 Å². The maximum atomic E-state index is 12.2. The van der Waals surface area contributed by atoms with Gasteiger partial charge < -0.3 is 13.9 Å². The zero-order valence-corrected chi connectivity index (χ0v) is 15.3. The molecule has 1 amide bonds. The molecule has 0 atom stereocenters. The second-order valence-corrected chi connectivity index (χ2v) is 5.67. The number of ether oxygens (including phenoxy) is 2. The van der Waals surface area contributed by atoms with Crippen molar-refractivity contribution >= 4 is 18.1 Å². The lowest BCUT2D eigenvalue weighted by Crippen LogP contribution is -2.18. The number of nitrogens with zero attached hydrogens (tertiary/aromatic N) is 1. The highest BCUT2D eigenvalue weighted by Gasteiger charge is 2.11. The molecule has 7 heteroatoms. The van der Waals surface area contributed by atoms with E-state index < -0.39 is 11.9 Å². The lowest BCUT2D eigenvalue weighted by Gasteiger charge is -2.05. The molecule has 0 radical (unpaired) electrons. The highest BCUT2D eigenvalue weighted by molar-refractivity contribution is 5.97. The molecule has 0 aliphatic rings. The van der Waals surface area contributed by atoms with Gasteiger partial charge in [-0.15, -0.1) is 0 Å². The first-order chi connectivity index (χ1) is 13.6. The molecule has 0 saturated carbocycles. The molecule has 3 rings (SSSR count). The van der Waals surface area contributed by atoms with Crippen molar-refractivity contribution in [2.75, 3.05) is 14.2 Å². The smallest absolute Gasteiger partial charge is 0.337 e. The van der Waals surface area contributed by atoms with Gasteiger partial charge in [0.05, 0.1) is 31.6 Å². The number of benzene rings is 2. The number of amides is 1. The van der Waals surface area contributed by atoms with E-state index in [-0.39, 0.29) is 0 Å². The van der Waals surface area contributed by atoms with Gasteiger partial charge in [0.1, 0.15) is 17.3 Å². The summed E-state index contributed by atoms with van der Waals surface area (Å²) in [5, 5.41) is 3.91. The number of esters is 1. The van der Waals surface area contributed by atoms with E-state index in [9.17, 15) is 9.59 Å². The van der Waals surface area contributed by atoms with E-state index in [0.29, 0.717) is 28.4 Å². The number of para-hydroxylation sites is 1. The standard InChI is InChI=1S/C21H18N2O5/c1-26-19-9-4-3-8-17(19)20(24)23-22-13-16-10-11-18(28-16)14-6-5-7-15(12-14)21(25)27-2/h3-13H,1-2H3,(H,23,24)/b22-13-. The van der Waals surface area contributed by atoms with E-state index in [2.05, 4.69) is 10.5 Å². The Labute approximate surface area is 161 Å². The van der Waals surface area contributed by atoms with Gasteiger partial charge in [-0.25, -0.2) is 10.2 Å². The zero-order valence-electron chi connectivity index (χ0n) is 15.3. The molecule has 0 aliphatic carbocycles. The second-order valence-electron chi connectivity index (χ2n) is 5.67. The van der Waals surface area contributed by atoms with E-state index in [0.717, 1.165) is 5.56 Å². The van der Waals surface area contributed by atoms with E-state index in [1.54, 1.807) is 54.6 Å². The van der Waals surface area contributed by atoms with Crippen LogP contribution in [0.2, 0.25) is 0 Å². The first-order valence-electron chi connectivity index (χ1n) is 8.37. The van der Waals surface area contributed by atoms with Crippen molar-refractivity contribution in [1.82, 2.24) is 5.43 Å². The summed E-state index contributed by atoms with van der Waals surface area (Å²) in [6.45, 7) is 0. The molecular weight excluding hydrogens is 360 g/mol. The number of furan rings is 1. The molecule has 0 saturated heterocycles. The molecule has 1 heterocycles. The van der Waals surface area contributed by atoms with Crippen LogP contribution in [0.25, 0.3) is 11.3 Å². The van der Waals surface area contributed by atoms with Crippen LogP contribution in [0.5, 0.6) is 5.75 Å². The Morgan fingerprint density at radius 2 is 1.86 bits per heavy atom. The summed E-state index contributed by atoms with van der Waals surface area (Å²) in [4.78, 5) is 23.8. The SMILES string of the molecule is COC(=O)c1cccc(-c2ccc(/C=N\NC(=O)c3ccccc3OC)o2)c1. The molecule has 0 fully saturated rings. The molecular formula is C21H18N2O5. The van der Waals surface area contributed by atoms with Crippen LogP contribution in [-0.4, -0.2) is 32.3 Å². The van der Waals surface area contributed by atoms with Gasteiger partial charge in [-0.1, -0.05) is 24.3 Å². The van der Waals surface area contributed by atoms with Gasteiger partial charge >= 0.3 is 5.97 Å². The molecule has 2 aromatic carbocycles. The van der Waals surface area contributed by atoms with Gasteiger partial charge in [-0.3, -0.25) is 4.79 Å². The number of hydrogen-bond acceptors (Lipinski definition) is 6. The number of nitrogens with one attached hydrogen (secondary N) is 1. The summed E-state index contributed by atoms with van der Waals surface area (Å²) >= 11 is 0. The highest BCUT2D eigenvalue weighted by atomic mass is 16.5. The maximum Gasteiger partial charge on any atom is 0.337 e.